The molecular formula is C18H20ClN5O. The molecule has 3 aromatic rings. The van der Waals surface area contributed by atoms with Crippen LogP contribution >= 0.6 is 11.6 Å². The lowest BCUT2D eigenvalue weighted by Gasteiger charge is -2.07. The molecule has 0 spiro atoms. The highest BCUT2D eigenvalue weighted by Crippen LogP contribution is 2.23. The van der Waals surface area contributed by atoms with Gasteiger partial charge in [-0.1, -0.05) is 30.7 Å². The molecule has 6 nitrogen and oxygen atoms in total. The van der Waals surface area contributed by atoms with Gasteiger partial charge in [0, 0.05) is 29.1 Å². The number of Topliss-reactive ketones (excluding diaryl/α,β-unsaturated/α-hetero) is 1. The maximum Gasteiger partial charge on any atom is 0.206 e. The van der Waals surface area contributed by atoms with E-state index in [1.165, 1.54) is 4.80 Å². The van der Waals surface area contributed by atoms with Gasteiger partial charge in [-0.2, -0.15) is 4.80 Å². The van der Waals surface area contributed by atoms with Crippen LogP contribution in [-0.4, -0.2) is 30.6 Å². The second-order valence-corrected chi connectivity index (χ2v) is 6.39. The summed E-state index contributed by atoms with van der Waals surface area (Å²) < 4.78 is 2.16. The highest BCUT2D eigenvalue weighted by atomic mass is 35.5. The van der Waals surface area contributed by atoms with E-state index in [4.69, 9.17) is 11.6 Å². The van der Waals surface area contributed by atoms with Crippen LogP contribution in [0, 0.1) is 13.8 Å². The summed E-state index contributed by atoms with van der Waals surface area (Å²) in [5.74, 6) is 0.383. The number of aryl methyl sites for hydroxylation is 1. The van der Waals surface area contributed by atoms with E-state index >= 15 is 0 Å². The minimum atomic E-state index is -0.0291. The molecule has 0 radical (unpaired) electrons. The van der Waals surface area contributed by atoms with Crippen molar-refractivity contribution in [2.45, 2.75) is 40.3 Å². The number of halogens is 1. The summed E-state index contributed by atoms with van der Waals surface area (Å²) in [6.07, 6.45) is 1.02. The number of carbonyl (C=O) groups is 1. The van der Waals surface area contributed by atoms with E-state index in [0.29, 0.717) is 22.0 Å². The van der Waals surface area contributed by atoms with E-state index < -0.39 is 0 Å². The number of hydrogen-bond acceptors (Lipinski definition) is 4. The molecule has 2 aromatic heterocycles. The third kappa shape index (κ3) is 3.49. The van der Waals surface area contributed by atoms with Gasteiger partial charge in [0.05, 0.1) is 5.02 Å². The van der Waals surface area contributed by atoms with E-state index in [0.717, 1.165) is 24.4 Å². The molecule has 0 saturated carbocycles. The fourth-order valence-electron chi connectivity index (χ4n) is 2.93. The van der Waals surface area contributed by atoms with Gasteiger partial charge in [0.1, 0.15) is 6.54 Å². The molecule has 130 valence electrons. The van der Waals surface area contributed by atoms with Crippen LogP contribution in [0.2, 0.25) is 5.02 Å². The quantitative estimate of drug-likeness (QED) is 0.631. The normalized spacial score (nSPS) is 11.0. The van der Waals surface area contributed by atoms with E-state index in [9.17, 15) is 4.79 Å². The van der Waals surface area contributed by atoms with Crippen LogP contribution in [0.25, 0.3) is 11.4 Å². The summed E-state index contributed by atoms with van der Waals surface area (Å²) >= 11 is 6.15. The lowest BCUT2D eigenvalue weighted by Crippen LogP contribution is -2.14. The Morgan fingerprint density at radius 3 is 2.72 bits per heavy atom. The average Bonchev–Trinajstić information content (AvgIpc) is 3.15. The summed E-state index contributed by atoms with van der Waals surface area (Å²) in [5.41, 5.74) is 3.48. The van der Waals surface area contributed by atoms with E-state index in [2.05, 4.69) is 26.9 Å². The topological polar surface area (TPSA) is 65.6 Å². The Kier molecular flexibility index (Phi) is 4.99. The number of carbonyl (C=O) groups excluding carboxylic acids is 1. The zero-order valence-electron chi connectivity index (χ0n) is 14.5. The molecule has 0 aliphatic carbocycles. The lowest BCUT2D eigenvalue weighted by atomic mass is 10.1. The van der Waals surface area contributed by atoms with Gasteiger partial charge in [-0.05, 0) is 43.7 Å². The van der Waals surface area contributed by atoms with Gasteiger partial charge < -0.3 is 4.57 Å². The Labute approximate surface area is 151 Å². The molecule has 2 heterocycles. The first kappa shape index (κ1) is 17.4. The second kappa shape index (κ2) is 7.19. The fraction of sp³-hybridized carbons (Fsp3) is 0.333. The van der Waals surface area contributed by atoms with Gasteiger partial charge in [-0.3, -0.25) is 4.79 Å². The van der Waals surface area contributed by atoms with E-state index in [1.54, 1.807) is 6.07 Å². The van der Waals surface area contributed by atoms with Gasteiger partial charge in [0.2, 0.25) is 5.82 Å². The smallest absolute Gasteiger partial charge is 0.206 e. The summed E-state index contributed by atoms with van der Waals surface area (Å²) in [5, 5.41) is 12.8. The van der Waals surface area contributed by atoms with Crippen LogP contribution in [0.3, 0.4) is 0 Å². The van der Waals surface area contributed by atoms with Crippen LogP contribution in [0.5, 0.6) is 0 Å². The Morgan fingerprint density at radius 1 is 1.24 bits per heavy atom. The van der Waals surface area contributed by atoms with Crippen molar-refractivity contribution in [3.05, 3.63) is 52.3 Å². The predicted octanol–water partition coefficient (Wildman–Crippen LogP) is 3.70. The summed E-state index contributed by atoms with van der Waals surface area (Å²) in [4.78, 5) is 14.0. The van der Waals surface area contributed by atoms with Crippen molar-refractivity contribution in [2.24, 2.45) is 0 Å². The van der Waals surface area contributed by atoms with Gasteiger partial charge in [0.15, 0.2) is 5.78 Å². The number of benzene rings is 1. The zero-order chi connectivity index (χ0) is 18.0. The van der Waals surface area contributed by atoms with Gasteiger partial charge >= 0.3 is 0 Å². The Bertz CT molecular complexity index is 912. The van der Waals surface area contributed by atoms with Gasteiger partial charge in [-0.25, -0.2) is 0 Å². The highest BCUT2D eigenvalue weighted by molar-refractivity contribution is 6.33. The minimum absolute atomic E-state index is 0.0291. The van der Waals surface area contributed by atoms with Crippen molar-refractivity contribution in [1.29, 1.82) is 0 Å². The van der Waals surface area contributed by atoms with Crippen LogP contribution in [0.4, 0.5) is 0 Å². The molecule has 7 heteroatoms. The van der Waals surface area contributed by atoms with Crippen molar-refractivity contribution in [3.63, 3.8) is 0 Å². The number of rotatable bonds is 6. The number of aromatic nitrogens is 5. The Hall–Kier alpha value is -2.47. The lowest BCUT2D eigenvalue weighted by molar-refractivity contribution is 0.0960. The second-order valence-electron chi connectivity index (χ2n) is 5.98. The van der Waals surface area contributed by atoms with Crippen LogP contribution in [0.1, 0.15) is 35.1 Å². The van der Waals surface area contributed by atoms with E-state index in [1.807, 2.05) is 38.1 Å². The van der Waals surface area contributed by atoms with E-state index in [-0.39, 0.29) is 12.3 Å². The summed E-state index contributed by atoms with van der Waals surface area (Å²) in [6.45, 7) is 7.06. The van der Waals surface area contributed by atoms with Gasteiger partial charge in [0.25, 0.3) is 0 Å². The standard InChI is InChI=1S/C18H20ClN5O/c1-4-9-23-12(2)10-15(13(23)3)17(25)11-24-21-18(20-22-24)14-7-5-6-8-16(14)19/h5-8,10H,4,9,11H2,1-3H3. The molecule has 0 aliphatic rings. The third-order valence-corrected chi connectivity index (χ3v) is 4.50. The summed E-state index contributed by atoms with van der Waals surface area (Å²) in [6, 6.07) is 9.22. The van der Waals surface area contributed by atoms with Crippen LogP contribution in [0.15, 0.2) is 30.3 Å². The van der Waals surface area contributed by atoms with Crippen LogP contribution in [-0.2, 0) is 13.1 Å². The third-order valence-electron chi connectivity index (χ3n) is 4.17. The first-order valence-electron chi connectivity index (χ1n) is 8.24. The molecule has 0 amide bonds. The molecule has 3 rings (SSSR count). The molecule has 25 heavy (non-hydrogen) atoms. The molecule has 0 atom stereocenters. The molecule has 1 aromatic carbocycles. The fourth-order valence-corrected chi connectivity index (χ4v) is 3.15. The number of ketones is 1. The molecule has 0 unspecified atom stereocenters. The first-order valence-corrected chi connectivity index (χ1v) is 8.61. The molecule has 0 bridgehead atoms. The molecule has 0 N–H and O–H groups in total. The Morgan fingerprint density at radius 2 is 2.00 bits per heavy atom. The maximum absolute atomic E-state index is 12.6. The molecule has 0 fully saturated rings. The number of nitrogens with zero attached hydrogens (tertiary/aromatic N) is 5. The molecule has 0 saturated heterocycles. The number of hydrogen-bond donors (Lipinski definition) is 0. The molecular weight excluding hydrogens is 338 g/mol. The predicted molar refractivity (Wildman–Crippen MR) is 96.8 cm³/mol. The molecule has 0 aliphatic heterocycles. The highest BCUT2D eigenvalue weighted by Gasteiger charge is 2.17. The van der Waals surface area contributed by atoms with Crippen molar-refractivity contribution in [3.8, 4) is 11.4 Å². The van der Waals surface area contributed by atoms with Crippen molar-refractivity contribution in [2.75, 3.05) is 0 Å². The van der Waals surface area contributed by atoms with Crippen LogP contribution < -0.4 is 0 Å². The SMILES string of the molecule is CCCn1c(C)cc(C(=O)Cn2nnc(-c3ccccc3Cl)n2)c1C. The first-order chi connectivity index (χ1) is 12.0. The van der Waals surface area contributed by atoms with Crippen molar-refractivity contribution < 1.29 is 4.79 Å². The maximum atomic E-state index is 12.6. The Balaban J connectivity index is 1.81. The largest absolute Gasteiger partial charge is 0.348 e. The van der Waals surface area contributed by atoms with Crippen molar-refractivity contribution in [1.82, 2.24) is 24.8 Å². The summed E-state index contributed by atoms with van der Waals surface area (Å²) in [7, 11) is 0. The van der Waals surface area contributed by atoms with Gasteiger partial charge in [-0.15, -0.1) is 10.2 Å². The zero-order valence-corrected chi connectivity index (χ0v) is 15.3. The monoisotopic (exact) mass is 357 g/mol. The minimum Gasteiger partial charge on any atom is -0.348 e. The van der Waals surface area contributed by atoms with Crippen molar-refractivity contribution >= 4 is 17.4 Å². The number of tetrazole rings is 1. The average molecular weight is 358 g/mol.